The quantitative estimate of drug-likeness (QED) is 0.792. The fraction of sp³-hybridized carbons (Fsp3) is 0.812. The highest BCUT2D eigenvalue weighted by Crippen LogP contribution is 2.45. The molecular weight excluding hydrogens is 268 g/mol. The monoisotopic (exact) mass is 294 g/mol. The third-order valence-corrected chi connectivity index (χ3v) is 5.00. The van der Waals surface area contributed by atoms with Crippen LogP contribution in [-0.4, -0.2) is 53.6 Å². The van der Waals surface area contributed by atoms with Crippen LogP contribution in [0.5, 0.6) is 0 Å². The van der Waals surface area contributed by atoms with E-state index in [2.05, 4.69) is 6.92 Å². The van der Waals surface area contributed by atoms with Gasteiger partial charge in [0.1, 0.15) is 0 Å². The van der Waals surface area contributed by atoms with Crippen LogP contribution in [0.25, 0.3) is 0 Å². The lowest BCUT2D eigenvalue weighted by atomic mass is 9.61. The van der Waals surface area contributed by atoms with Gasteiger partial charge in [-0.2, -0.15) is 0 Å². The molecule has 0 N–H and O–H groups in total. The van der Waals surface area contributed by atoms with Gasteiger partial charge in [0.15, 0.2) is 5.78 Å². The zero-order valence-corrected chi connectivity index (χ0v) is 13.6. The summed E-state index contributed by atoms with van der Waals surface area (Å²) in [6.45, 7) is 8.90. The van der Waals surface area contributed by atoms with E-state index >= 15 is 0 Å². The minimum Gasteiger partial charge on any atom is -0.341 e. The number of piperidine rings is 2. The van der Waals surface area contributed by atoms with Gasteiger partial charge >= 0.3 is 0 Å². The molecule has 0 radical (unpaired) electrons. The molecule has 0 unspecified atom stereocenters. The van der Waals surface area contributed by atoms with Gasteiger partial charge in [-0.1, -0.05) is 19.8 Å². The third-order valence-electron chi connectivity index (χ3n) is 5.00. The van der Waals surface area contributed by atoms with E-state index < -0.39 is 10.8 Å². The van der Waals surface area contributed by atoms with Gasteiger partial charge in [0.05, 0.1) is 10.8 Å². The van der Waals surface area contributed by atoms with Crippen molar-refractivity contribution in [2.24, 2.45) is 10.8 Å². The van der Waals surface area contributed by atoms with Crippen molar-refractivity contribution in [3.05, 3.63) is 0 Å². The van der Waals surface area contributed by atoms with Gasteiger partial charge in [0.25, 0.3) is 0 Å². The van der Waals surface area contributed by atoms with Crippen LogP contribution in [0.2, 0.25) is 0 Å². The molecule has 2 saturated heterocycles. The number of carbonyl (C=O) groups excluding carboxylic acids is 3. The summed E-state index contributed by atoms with van der Waals surface area (Å²) in [7, 11) is 0. The molecular formula is C16H26N2O3. The van der Waals surface area contributed by atoms with Crippen LogP contribution in [0.3, 0.4) is 0 Å². The Labute approximate surface area is 126 Å². The lowest BCUT2D eigenvalue weighted by Crippen LogP contribution is -2.70. The van der Waals surface area contributed by atoms with Crippen LogP contribution in [0.4, 0.5) is 0 Å². The number of carbonyl (C=O) groups is 3. The highest BCUT2D eigenvalue weighted by Gasteiger charge is 2.58. The lowest BCUT2D eigenvalue weighted by molar-refractivity contribution is -0.167. The van der Waals surface area contributed by atoms with Gasteiger partial charge in [-0.3, -0.25) is 14.4 Å². The first kappa shape index (κ1) is 16.0. The standard InChI is InChI=1S/C16H26N2O3/c1-5-6-7-16-10-17(12(2)19)8-15(4,14(16)21)9-18(11-16)13(3)20/h5-11H2,1-4H3. The molecule has 2 fully saturated rings. The molecule has 0 spiro atoms. The number of rotatable bonds is 3. The lowest BCUT2D eigenvalue weighted by Gasteiger charge is -2.56. The van der Waals surface area contributed by atoms with Crippen molar-refractivity contribution < 1.29 is 14.4 Å². The number of Topliss-reactive ketones (excluding diaryl/α,β-unsaturated/α-hetero) is 1. The highest BCUT2D eigenvalue weighted by atomic mass is 16.2. The van der Waals surface area contributed by atoms with Crippen LogP contribution in [0.15, 0.2) is 0 Å². The number of nitrogens with zero attached hydrogens (tertiary/aromatic N) is 2. The van der Waals surface area contributed by atoms with E-state index in [1.165, 1.54) is 0 Å². The van der Waals surface area contributed by atoms with Gasteiger partial charge in [0, 0.05) is 40.0 Å². The van der Waals surface area contributed by atoms with Gasteiger partial charge in [-0.15, -0.1) is 0 Å². The average molecular weight is 294 g/mol. The summed E-state index contributed by atoms with van der Waals surface area (Å²) in [6.07, 6.45) is 2.71. The molecule has 118 valence electrons. The van der Waals surface area contributed by atoms with Gasteiger partial charge in [-0.05, 0) is 13.3 Å². The van der Waals surface area contributed by atoms with Crippen molar-refractivity contribution in [1.29, 1.82) is 0 Å². The number of hydrogen-bond donors (Lipinski definition) is 0. The Morgan fingerprint density at radius 2 is 1.52 bits per heavy atom. The summed E-state index contributed by atoms with van der Waals surface area (Å²) in [5.41, 5.74) is -1.19. The second-order valence-corrected chi connectivity index (χ2v) is 7.02. The van der Waals surface area contributed by atoms with Crippen molar-refractivity contribution in [3.8, 4) is 0 Å². The van der Waals surface area contributed by atoms with Crippen LogP contribution in [0.1, 0.15) is 47.0 Å². The summed E-state index contributed by atoms with van der Waals surface area (Å²) in [6, 6.07) is 0. The summed E-state index contributed by atoms with van der Waals surface area (Å²) in [5.74, 6) is 0.287. The Hall–Kier alpha value is -1.39. The molecule has 0 saturated carbocycles. The first-order chi connectivity index (χ1) is 9.74. The van der Waals surface area contributed by atoms with Crippen LogP contribution in [-0.2, 0) is 14.4 Å². The van der Waals surface area contributed by atoms with Crippen LogP contribution in [0, 0.1) is 10.8 Å². The number of fused-ring (bicyclic) bond motifs is 2. The SMILES string of the molecule is CCCCC12CN(C(C)=O)CC(C)(CN(C(C)=O)C1)C2=O. The van der Waals surface area contributed by atoms with Crippen LogP contribution >= 0.6 is 0 Å². The molecule has 5 heteroatoms. The van der Waals surface area contributed by atoms with Crippen molar-refractivity contribution >= 4 is 17.6 Å². The molecule has 0 atom stereocenters. The Bertz CT molecular complexity index is 446. The predicted molar refractivity (Wildman–Crippen MR) is 79.6 cm³/mol. The maximum absolute atomic E-state index is 13.0. The first-order valence-electron chi connectivity index (χ1n) is 7.80. The van der Waals surface area contributed by atoms with E-state index in [4.69, 9.17) is 0 Å². The maximum Gasteiger partial charge on any atom is 0.219 e. The van der Waals surface area contributed by atoms with Gasteiger partial charge < -0.3 is 9.80 Å². The first-order valence-corrected chi connectivity index (χ1v) is 7.80. The van der Waals surface area contributed by atoms with Gasteiger partial charge in [0.2, 0.25) is 11.8 Å². The number of hydrogen-bond acceptors (Lipinski definition) is 3. The van der Waals surface area contributed by atoms with Crippen molar-refractivity contribution in [2.75, 3.05) is 26.2 Å². The van der Waals surface area contributed by atoms with Crippen molar-refractivity contribution in [2.45, 2.75) is 47.0 Å². The molecule has 0 aromatic rings. The van der Waals surface area contributed by atoms with Crippen LogP contribution < -0.4 is 0 Å². The molecule has 0 aromatic carbocycles. The summed E-state index contributed by atoms with van der Waals surface area (Å²) >= 11 is 0. The minimum absolute atomic E-state index is 0.0193. The molecule has 0 aromatic heterocycles. The molecule has 2 aliphatic rings. The highest BCUT2D eigenvalue weighted by molar-refractivity contribution is 5.95. The number of ketones is 1. The minimum atomic E-state index is -0.623. The second kappa shape index (κ2) is 5.43. The zero-order valence-electron chi connectivity index (χ0n) is 13.6. The largest absolute Gasteiger partial charge is 0.341 e. The molecule has 2 heterocycles. The summed E-state index contributed by atoms with van der Waals surface area (Å²) in [4.78, 5) is 40.3. The molecule has 2 aliphatic heterocycles. The molecule has 2 rings (SSSR count). The molecule has 0 aliphatic carbocycles. The van der Waals surface area contributed by atoms with E-state index in [-0.39, 0.29) is 17.6 Å². The summed E-state index contributed by atoms with van der Waals surface area (Å²) < 4.78 is 0. The fourth-order valence-electron chi connectivity index (χ4n) is 3.94. The van der Waals surface area contributed by atoms with Crippen molar-refractivity contribution in [1.82, 2.24) is 9.80 Å². The second-order valence-electron chi connectivity index (χ2n) is 7.02. The fourth-order valence-corrected chi connectivity index (χ4v) is 3.94. The topological polar surface area (TPSA) is 57.7 Å². The van der Waals surface area contributed by atoms with E-state index in [9.17, 15) is 14.4 Å². The Kier molecular flexibility index (Phi) is 4.13. The Morgan fingerprint density at radius 3 is 1.90 bits per heavy atom. The molecule has 2 amide bonds. The number of likely N-dealkylation sites (tertiary alicyclic amines) is 2. The van der Waals surface area contributed by atoms with E-state index in [0.29, 0.717) is 26.2 Å². The Balaban J connectivity index is 2.39. The van der Waals surface area contributed by atoms with E-state index in [0.717, 1.165) is 19.3 Å². The third kappa shape index (κ3) is 2.70. The molecule has 2 bridgehead atoms. The molecule has 5 nitrogen and oxygen atoms in total. The van der Waals surface area contributed by atoms with E-state index in [1.807, 2.05) is 6.92 Å². The predicted octanol–water partition coefficient (Wildman–Crippen LogP) is 1.46. The smallest absolute Gasteiger partial charge is 0.219 e. The summed E-state index contributed by atoms with van der Waals surface area (Å²) in [5, 5.41) is 0. The van der Waals surface area contributed by atoms with Gasteiger partial charge in [-0.25, -0.2) is 0 Å². The number of unbranched alkanes of at least 4 members (excludes halogenated alkanes) is 1. The zero-order chi connectivity index (χ0) is 15.8. The average Bonchev–Trinajstić information content (AvgIpc) is 2.38. The van der Waals surface area contributed by atoms with E-state index in [1.54, 1.807) is 23.6 Å². The maximum atomic E-state index is 13.0. The normalized spacial score (nSPS) is 32.3. The number of amides is 2. The van der Waals surface area contributed by atoms with Crippen molar-refractivity contribution in [3.63, 3.8) is 0 Å². The Morgan fingerprint density at radius 1 is 1.05 bits per heavy atom. The molecule has 21 heavy (non-hydrogen) atoms.